The minimum atomic E-state index is -4.05. The van der Waals surface area contributed by atoms with Gasteiger partial charge in [0, 0.05) is 35.1 Å². The van der Waals surface area contributed by atoms with Crippen LogP contribution in [-0.2, 0) is 14.8 Å². The maximum absolute atomic E-state index is 13.6. The minimum absolute atomic E-state index is 0.0807. The number of hydrogen-bond donors (Lipinski definition) is 2. The number of pyridine rings is 1. The van der Waals surface area contributed by atoms with E-state index in [1.165, 1.54) is 27.5 Å². The second kappa shape index (κ2) is 12.4. The molecule has 2 aromatic heterocycles. The molecule has 0 aliphatic rings. The highest BCUT2D eigenvalue weighted by Gasteiger charge is 2.27. The highest BCUT2D eigenvalue weighted by atomic mass is 32.2. The van der Waals surface area contributed by atoms with Gasteiger partial charge in [0.25, 0.3) is 0 Å². The molecule has 4 rings (SSSR count). The van der Waals surface area contributed by atoms with Gasteiger partial charge in [-0.3, -0.25) is 4.98 Å². The van der Waals surface area contributed by atoms with Crippen LogP contribution in [0.2, 0.25) is 0 Å². The van der Waals surface area contributed by atoms with Crippen LogP contribution < -0.4 is 24.2 Å². The van der Waals surface area contributed by atoms with Crippen LogP contribution in [0.1, 0.15) is 45.0 Å². The molecule has 0 radical (unpaired) electrons. The molecule has 43 heavy (non-hydrogen) atoms. The van der Waals surface area contributed by atoms with E-state index in [2.05, 4.69) is 25.0 Å². The third-order valence-electron chi connectivity index (χ3n) is 5.95. The van der Waals surface area contributed by atoms with Crippen LogP contribution in [0.25, 0.3) is 22.0 Å². The van der Waals surface area contributed by atoms with E-state index in [1.54, 1.807) is 63.4 Å². The molecule has 0 amide bonds. The zero-order chi connectivity index (χ0) is 31.5. The van der Waals surface area contributed by atoms with Gasteiger partial charge < -0.3 is 24.3 Å². The molecule has 4 aromatic rings. The Bertz CT molecular complexity index is 1770. The lowest BCUT2D eigenvalue weighted by molar-refractivity contribution is 0.0600. The van der Waals surface area contributed by atoms with Crippen LogP contribution in [0, 0.1) is 0 Å². The van der Waals surface area contributed by atoms with Crippen molar-refractivity contribution in [3.63, 3.8) is 0 Å². The average Bonchev–Trinajstić information content (AvgIpc) is 2.94. The number of fused-ring (bicyclic) bond motifs is 1. The van der Waals surface area contributed by atoms with Crippen LogP contribution in [0.4, 0.5) is 11.4 Å². The normalized spacial score (nSPS) is 11.8. The molecule has 2 heterocycles. The molecule has 13 heteroatoms. The maximum atomic E-state index is 13.6. The number of methoxy groups -OCH3 is 3. The average molecular weight is 610 g/mol. The molecular weight excluding hydrogens is 574 g/mol. The number of carbonyl (C=O) groups excluding carboxylic acids is 1. The fraction of sp³-hybridized carbons (Fsp3) is 0.333. The summed E-state index contributed by atoms with van der Waals surface area (Å²) >= 11 is 0. The number of nitrogens with zero attached hydrogens (tertiary/aromatic N) is 3. The molecule has 228 valence electrons. The molecule has 0 unspecified atom stereocenters. The van der Waals surface area contributed by atoms with Crippen molar-refractivity contribution in [2.75, 3.05) is 26.6 Å². The van der Waals surface area contributed by atoms with E-state index in [0.29, 0.717) is 39.3 Å². The third-order valence-corrected chi connectivity index (χ3v) is 7.72. The summed E-state index contributed by atoms with van der Waals surface area (Å²) in [6, 6.07) is 10.3. The number of sulfonamides is 1. The van der Waals surface area contributed by atoms with Gasteiger partial charge in [-0.25, -0.2) is 22.9 Å². The van der Waals surface area contributed by atoms with E-state index >= 15 is 0 Å². The summed E-state index contributed by atoms with van der Waals surface area (Å²) < 4.78 is 51.3. The molecule has 0 aliphatic carbocycles. The van der Waals surface area contributed by atoms with Crippen molar-refractivity contribution >= 4 is 38.3 Å². The molecular formula is C30H35N5O7S. The molecule has 0 saturated heterocycles. The summed E-state index contributed by atoms with van der Waals surface area (Å²) in [5, 5.41) is 3.73. The smallest absolute Gasteiger partial charge is 0.338 e. The first kappa shape index (κ1) is 31.4. The number of anilines is 2. The first-order valence-corrected chi connectivity index (χ1v) is 14.8. The van der Waals surface area contributed by atoms with E-state index < -0.39 is 21.5 Å². The molecule has 2 aromatic carbocycles. The predicted molar refractivity (Wildman–Crippen MR) is 163 cm³/mol. The van der Waals surface area contributed by atoms with Gasteiger partial charge in [-0.1, -0.05) is 12.1 Å². The molecule has 0 aliphatic heterocycles. The Kier molecular flexibility index (Phi) is 9.07. The van der Waals surface area contributed by atoms with E-state index in [9.17, 15) is 13.2 Å². The monoisotopic (exact) mass is 609 g/mol. The van der Waals surface area contributed by atoms with Crippen LogP contribution in [0.5, 0.6) is 17.6 Å². The number of esters is 1. The van der Waals surface area contributed by atoms with E-state index in [4.69, 9.17) is 18.9 Å². The molecule has 0 atom stereocenters. The summed E-state index contributed by atoms with van der Waals surface area (Å²) in [5.41, 5.74) is 1.89. The van der Waals surface area contributed by atoms with Gasteiger partial charge in [-0.15, -0.1) is 0 Å². The Labute approximate surface area is 250 Å². The number of rotatable bonds is 10. The van der Waals surface area contributed by atoms with Crippen molar-refractivity contribution in [2.45, 2.75) is 51.2 Å². The van der Waals surface area contributed by atoms with Gasteiger partial charge in [-0.05, 0) is 58.4 Å². The molecule has 0 fully saturated rings. The number of nitrogens with one attached hydrogen (secondary N) is 2. The van der Waals surface area contributed by atoms with Gasteiger partial charge in [0.2, 0.25) is 15.9 Å². The molecule has 0 spiro atoms. The number of aromatic nitrogens is 3. The van der Waals surface area contributed by atoms with Crippen LogP contribution in [0.15, 0.2) is 53.7 Å². The number of hydrogen-bond acceptors (Lipinski definition) is 11. The van der Waals surface area contributed by atoms with Crippen LogP contribution in [-0.4, -0.2) is 62.3 Å². The Morgan fingerprint density at radius 2 is 1.70 bits per heavy atom. The maximum Gasteiger partial charge on any atom is 0.338 e. The van der Waals surface area contributed by atoms with Crippen molar-refractivity contribution in [1.82, 2.24) is 19.7 Å². The van der Waals surface area contributed by atoms with Crippen molar-refractivity contribution in [1.29, 1.82) is 0 Å². The second-order valence-electron chi connectivity index (χ2n) is 10.9. The van der Waals surface area contributed by atoms with Gasteiger partial charge in [0.15, 0.2) is 0 Å². The standard InChI is InChI=1S/C30H35N5O7S/c1-17(2)42-21-12-19(28(36)40-7)11-20(14-21)33-26-22-10-9-18(23-15-32-29(41-8)34-27(23)39-6)13-24(22)31-16-25(26)43(37,38)35-30(3,4)5/h9-17,35H,1-8H3,(H,31,33). The first-order valence-electron chi connectivity index (χ1n) is 13.3. The van der Waals surface area contributed by atoms with Crippen molar-refractivity contribution in [3.05, 3.63) is 54.4 Å². The van der Waals surface area contributed by atoms with Gasteiger partial charge in [0.05, 0.1) is 49.8 Å². The second-order valence-corrected chi connectivity index (χ2v) is 12.5. The molecule has 12 nitrogen and oxygen atoms in total. The summed E-state index contributed by atoms with van der Waals surface area (Å²) in [6.45, 7) is 8.96. The SMILES string of the molecule is COC(=O)c1cc(Nc2c(S(=O)(=O)NC(C)(C)C)cnc3cc(-c4cnc(OC)nc4OC)ccc23)cc(OC(C)C)c1. The summed E-state index contributed by atoms with van der Waals surface area (Å²) in [7, 11) is 0.182. The van der Waals surface area contributed by atoms with Gasteiger partial charge >= 0.3 is 12.0 Å². The number of carbonyl (C=O) groups is 1. The number of benzene rings is 2. The highest BCUT2D eigenvalue weighted by Crippen LogP contribution is 2.37. The van der Waals surface area contributed by atoms with E-state index in [-0.39, 0.29) is 28.3 Å². The predicted octanol–water partition coefficient (Wildman–Crippen LogP) is 5.10. The van der Waals surface area contributed by atoms with Crippen molar-refractivity contribution in [3.8, 4) is 28.8 Å². The van der Waals surface area contributed by atoms with Crippen molar-refractivity contribution in [2.24, 2.45) is 0 Å². The molecule has 2 N–H and O–H groups in total. The summed E-state index contributed by atoms with van der Waals surface area (Å²) in [4.78, 5) is 25.3. The molecule has 0 bridgehead atoms. The highest BCUT2D eigenvalue weighted by molar-refractivity contribution is 7.89. The number of ether oxygens (including phenoxy) is 4. The fourth-order valence-electron chi connectivity index (χ4n) is 4.33. The summed E-state index contributed by atoms with van der Waals surface area (Å²) in [6.07, 6.45) is 2.69. The minimum Gasteiger partial charge on any atom is -0.491 e. The van der Waals surface area contributed by atoms with Gasteiger partial charge in [0.1, 0.15) is 10.6 Å². The Morgan fingerprint density at radius 1 is 0.953 bits per heavy atom. The topological polar surface area (TPSA) is 151 Å². The lowest BCUT2D eigenvalue weighted by Gasteiger charge is -2.23. The molecule has 0 saturated carbocycles. The van der Waals surface area contributed by atoms with E-state index in [0.717, 1.165) is 0 Å². The van der Waals surface area contributed by atoms with Crippen molar-refractivity contribution < 1.29 is 32.2 Å². The van der Waals surface area contributed by atoms with Crippen LogP contribution >= 0.6 is 0 Å². The Balaban J connectivity index is 1.93. The van der Waals surface area contributed by atoms with Crippen LogP contribution in [0.3, 0.4) is 0 Å². The Hall–Kier alpha value is -4.49. The zero-order valence-corrected chi connectivity index (χ0v) is 26.1. The summed E-state index contributed by atoms with van der Waals surface area (Å²) in [5.74, 6) is 0.139. The largest absolute Gasteiger partial charge is 0.491 e. The third kappa shape index (κ3) is 7.30. The Morgan fingerprint density at radius 3 is 2.33 bits per heavy atom. The first-order chi connectivity index (χ1) is 20.2. The lowest BCUT2D eigenvalue weighted by Crippen LogP contribution is -2.40. The zero-order valence-electron chi connectivity index (χ0n) is 25.3. The lowest BCUT2D eigenvalue weighted by atomic mass is 10.0. The van der Waals surface area contributed by atoms with Gasteiger partial charge in [-0.2, -0.15) is 4.98 Å². The fourth-order valence-corrected chi connectivity index (χ4v) is 5.87. The van der Waals surface area contributed by atoms with E-state index in [1.807, 2.05) is 13.8 Å². The quantitative estimate of drug-likeness (QED) is 0.231.